The standard InChI is InChI=1S/C21H21ClF2O5S/c1-12(25)10-18-15-11-29-20-17(24)7-6-16(23)19(20)21(15,8-9-28-18)30(26,27)14-4-2-13(22)3-5-14/h2-7,12,15,18,25H,8-11H2,1H3/t12?,15-,18-,21-/m0/s1. The Balaban J connectivity index is 2.00. The summed E-state index contributed by atoms with van der Waals surface area (Å²) in [6.07, 6.45) is -1.42. The van der Waals surface area contributed by atoms with Crippen LogP contribution in [0.15, 0.2) is 41.3 Å². The first-order valence-electron chi connectivity index (χ1n) is 9.59. The summed E-state index contributed by atoms with van der Waals surface area (Å²) >= 11 is 5.92. The molecule has 4 rings (SSSR count). The number of sulfone groups is 1. The first-order chi connectivity index (χ1) is 14.2. The molecule has 162 valence electrons. The maximum atomic E-state index is 15.1. The zero-order valence-electron chi connectivity index (χ0n) is 16.1. The Kier molecular flexibility index (Phi) is 5.55. The van der Waals surface area contributed by atoms with Crippen molar-refractivity contribution in [1.82, 2.24) is 0 Å². The van der Waals surface area contributed by atoms with E-state index in [1.807, 2.05) is 0 Å². The smallest absolute Gasteiger partial charge is 0.189 e. The molecule has 4 atom stereocenters. The molecule has 1 saturated heterocycles. The summed E-state index contributed by atoms with van der Waals surface area (Å²) in [5.41, 5.74) is -0.312. The number of aliphatic hydroxyl groups excluding tert-OH is 1. The van der Waals surface area contributed by atoms with E-state index in [2.05, 4.69) is 0 Å². The number of aliphatic hydroxyl groups is 1. The fourth-order valence-corrected chi connectivity index (χ4v) is 7.09. The van der Waals surface area contributed by atoms with Gasteiger partial charge in [-0.1, -0.05) is 11.6 Å². The number of halogens is 3. The van der Waals surface area contributed by atoms with E-state index in [1.54, 1.807) is 6.92 Å². The van der Waals surface area contributed by atoms with Crippen LogP contribution in [0.25, 0.3) is 0 Å². The molecule has 0 aliphatic carbocycles. The molecule has 0 spiro atoms. The number of benzene rings is 2. The molecular weight excluding hydrogens is 438 g/mol. The highest BCUT2D eigenvalue weighted by molar-refractivity contribution is 7.92. The van der Waals surface area contributed by atoms with Crippen molar-refractivity contribution >= 4 is 21.4 Å². The molecule has 9 heteroatoms. The molecular formula is C21H21ClF2O5S. The summed E-state index contributed by atoms with van der Waals surface area (Å²) in [6, 6.07) is 7.43. The van der Waals surface area contributed by atoms with Crippen LogP contribution in [-0.2, 0) is 19.3 Å². The van der Waals surface area contributed by atoms with Crippen LogP contribution < -0.4 is 4.74 Å². The molecule has 2 aromatic rings. The number of fused-ring (bicyclic) bond motifs is 3. The predicted octanol–water partition coefficient (Wildman–Crippen LogP) is 3.86. The van der Waals surface area contributed by atoms with Crippen molar-refractivity contribution in [2.45, 2.75) is 41.6 Å². The third kappa shape index (κ3) is 3.21. The van der Waals surface area contributed by atoms with Crippen molar-refractivity contribution < 1.29 is 31.8 Å². The van der Waals surface area contributed by atoms with Crippen molar-refractivity contribution in [2.75, 3.05) is 13.2 Å². The highest BCUT2D eigenvalue weighted by Gasteiger charge is 2.61. The fourth-order valence-electron chi connectivity index (χ4n) is 4.62. The van der Waals surface area contributed by atoms with E-state index in [0.717, 1.165) is 12.1 Å². The lowest BCUT2D eigenvalue weighted by molar-refractivity contribution is -0.0882. The average Bonchev–Trinajstić information content (AvgIpc) is 2.70. The maximum Gasteiger partial charge on any atom is 0.189 e. The van der Waals surface area contributed by atoms with Gasteiger partial charge in [0, 0.05) is 17.5 Å². The lowest BCUT2D eigenvalue weighted by Crippen LogP contribution is -2.58. The number of ether oxygens (including phenoxy) is 2. The minimum atomic E-state index is -4.23. The lowest BCUT2D eigenvalue weighted by Gasteiger charge is -2.50. The van der Waals surface area contributed by atoms with Crippen LogP contribution in [0, 0.1) is 17.6 Å². The summed E-state index contributed by atoms with van der Waals surface area (Å²) in [6.45, 7) is 1.39. The van der Waals surface area contributed by atoms with E-state index in [1.165, 1.54) is 24.3 Å². The highest BCUT2D eigenvalue weighted by Crippen LogP contribution is 2.56. The van der Waals surface area contributed by atoms with E-state index in [9.17, 15) is 17.9 Å². The van der Waals surface area contributed by atoms with Crippen LogP contribution in [0.4, 0.5) is 8.78 Å². The summed E-state index contributed by atoms with van der Waals surface area (Å²) in [4.78, 5) is -0.0499. The third-order valence-corrected chi connectivity index (χ3v) is 8.73. The molecule has 30 heavy (non-hydrogen) atoms. The Morgan fingerprint density at radius 1 is 1.20 bits per heavy atom. The van der Waals surface area contributed by atoms with E-state index < -0.39 is 44.3 Å². The van der Waals surface area contributed by atoms with Crippen LogP contribution in [0.2, 0.25) is 5.02 Å². The van der Waals surface area contributed by atoms with Gasteiger partial charge in [-0.25, -0.2) is 17.2 Å². The summed E-state index contributed by atoms with van der Waals surface area (Å²) in [5, 5.41) is 10.3. The van der Waals surface area contributed by atoms with Gasteiger partial charge in [0.1, 0.15) is 10.6 Å². The van der Waals surface area contributed by atoms with Crippen molar-refractivity contribution in [3.8, 4) is 5.75 Å². The van der Waals surface area contributed by atoms with Gasteiger partial charge in [0.15, 0.2) is 21.4 Å². The minimum Gasteiger partial charge on any atom is -0.490 e. The number of hydrogen-bond donors (Lipinski definition) is 1. The summed E-state index contributed by atoms with van der Waals surface area (Å²) < 4.78 is 67.2. The highest BCUT2D eigenvalue weighted by atomic mass is 35.5. The van der Waals surface area contributed by atoms with E-state index in [0.29, 0.717) is 5.02 Å². The minimum absolute atomic E-state index is 0.0100. The van der Waals surface area contributed by atoms with E-state index in [-0.39, 0.29) is 42.3 Å². The normalized spacial score (nSPS) is 27.0. The molecule has 0 bridgehead atoms. The van der Waals surface area contributed by atoms with Gasteiger partial charge in [0.2, 0.25) is 0 Å². The average molecular weight is 459 g/mol. The van der Waals surface area contributed by atoms with Crippen LogP contribution in [-0.4, -0.2) is 38.9 Å². The Morgan fingerprint density at radius 2 is 1.87 bits per heavy atom. The van der Waals surface area contributed by atoms with Gasteiger partial charge in [-0.15, -0.1) is 0 Å². The summed E-state index contributed by atoms with van der Waals surface area (Å²) in [7, 11) is -4.23. The molecule has 1 unspecified atom stereocenters. The quantitative estimate of drug-likeness (QED) is 0.753. The zero-order valence-corrected chi connectivity index (χ0v) is 17.7. The van der Waals surface area contributed by atoms with E-state index in [4.69, 9.17) is 21.1 Å². The Hall–Kier alpha value is -1.74. The Morgan fingerprint density at radius 3 is 2.53 bits per heavy atom. The van der Waals surface area contributed by atoms with Gasteiger partial charge in [0.25, 0.3) is 0 Å². The SMILES string of the molecule is CC(O)C[C@@H]1OCC[C@@]2(S(=O)(=O)c3ccc(Cl)cc3)c3c(F)ccc(F)c3OC[C@@H]12. The van der Waals surface area contributed by atoms with Crippen molar-refractivity contribution in [3.63, 3.8) is 0 Å². The largest absolute Gasteiger partial charge is 0.490 e. The van der Waals surface area contributed by atoms with Gasteiger partial charge in [-0.3, -0.25) is 0 Å². The predicted molar refractivity (Wildman–Crippen MR) is 106 cm³/mol. The van der Waals surface area contributed by atoms with E-state index >= 15 is 4.39 Å². The Bertz CT molecular complexity index is 1060. The second-order valence-electron chi connectivity index (χ2n) is 7.74. The topological polar surface area (TPSA) is 72.8 Å². The monoisotopic (exact) mass is 458 g/mol. The van der Waals surface area contributed by atoms with Crippen LogP contribution in [0.5, 0.6) is 5.75 Å². The number of hydrogen-bond acceptors (Lipinski definition) is 5. The third-order valence-electron chi connectivity index (χ3n) is 5.92. The van der Waals surface area contributed by atoms with Gasteiger partial charge < -0.3 is 14.6 Å². The first-order valence-corrected chi connectivity index (χ1v) is 11.5. The molecule has 1 N–H and O–H groups in total. The van der Waals surface area contributed by atoms with Gasteiger partial charge >= 0.3 is 0 Å². The second-order valence-corrected chi connectivity index (χ2v) is 10.4. The van der Waals surface area contributed by atoms with Crippen LogP contribution >= 0.6 is 11.6 Å². The molecule has 0 radical (unpaired) electrons. The second kappa shape index (κ2) is 7.75. The lowest BCUT2D eigenvalue weighted by atomic mass is 9.74. The summed E-state index contributed by atoms with van der Waals surface area (Å²) in [5.74, 6) is -2.91. The number of rotatable bonds is 4. The van der Waals surface area contributed by atoms with Gasteiger partial charge in [-0.05, 0) is 56.2 Å². The molecule has 2 aliphatic rings. The van der Waals surface area contributed by atoms with Crippen molar-refractivity contribution in [3.05, 3.63) is 58.6 Å². The Labute approximate surface area is 178 Å². The fraction of sp³-hybridized carbons (Fsp3) is 0.429. The van der Waals surface area contributed by atoms with Crippen LogP contribution in [0.1, 0.15) is 25.3 Å². The first kappa shape index (κ1) is 21.5. The maximum absolute atomic E-state index is 15.1. The van der Waals surface area contributed by atoms with Crippen molar-refractivity contribution in [1.29, 1.82) is 0 Å². The molecule has 2 aliphatic heterocycles. The molecule has 1 fully saturated rings. The van der Waals surface area contributed by atoms with Gasteiger partial charge in [-0.2, -0.15) is 0 Å². The molecule has 5 nitrogen and oxygen atoms in total. The van der Waals surface area contributed by atoms with Gasteiger partial charge in [0.05, 0.1) is 29.3 Å². The van der Waals surface area contributed by atoms with Crippen LogP contribution in [0.3, 0.4) is 0 Å². The molecule has 0 aromatic heterocycles. The molecule has 0 amide bonds. The molecule has 2 heterocycles. The van der Waals surface area contributed by atoms with Crippen molar-refractivity contribution in [2.24, 2.45) is 5.92 Å². The molecule has 2 aromatic carbocycles. The molecule has 0 saturated carbocycles. The zero-order chi connectivity index (χ0) is 21.7.